The van der Waals surface area contributed by atoms with Crippen LogP contribution in [0.15, 0.2) is 36.4 Å². The van der Waals surface area contributed by atoms with Gasteiger partial charge in [-0.2, -0.15) is 0 Å². The minimum absolute atomic E-state index is 0.0931. The molecule has 3 rings (SSSR count). The summed E-state index contributed by atoms with van der Waals surface area (Å²) in [5.41, 5.74) is 1.23. The van der Waals surface area contributed by atoms with E-state index in [0.29, 0.717) is 11.8 Å². The molecule has 7 heteroatoms. The number of thiazole rings is 1. The van der Waals surface area contributed by atoms with Crippen LogP contribution >= 0.6 is 11.3 Å². The van der Waals surface area contributed by atoms with Gasteiger partial charge in [0.1, 0.15) is 11.6 Å². The molecule has 0 saturated carbocycles. The average Bonchev–Trinajstić information content (AvgIpc) is 2.81. The molecule has 2 amide bonds. The van der Waals surface area contributed by atoms with Crippen LogP contribution in [-0.4, -0.2) is 11.0 Å². The first-order chi connectivity index (χ1) is 10.5. The van der Waals surface area contributed by atoms with Crippen LogP contribution in [0.25, 0.3) is 10.2 Å². The van der Waals surface area contributed by atoms with Gasteiger partial charge < -0.3 is 10.6 Å². The van der Waals surface area contributed by atoms with E-state index in [0.717, 1.165) is 27.4 Å². The van der Waals surface area contributed by atoms with Crippen LogP contribution in [0.1, 0.15) is 5.01 Å². The van der Waals surface area contributed by atoms with Gasteiger partial charge in [-0.05, 0) is 37.3 Å². The molecular formula is C15H11F2N3OS. The third-order valence-electron chi connectivity index (χ3n) is 2.93. The standard InChI is InChI=1S/C15H11F2N3OS/c1-8-18-13-7-10(3-5-14(13)22-8)19-15(21)20-12-4-2-9(16)6-11(12)17/h2-7H,1H3,(H2,19,20,21). The summed E-state index contributed by atoms with van der Waals surface area (Å²) in [6.45, 7) is 1.90. The van der Waals surface area contributed by atoms with E-state index < -0.39 is 17.7 Å². The number of aromatic nitrogens is 1. The van der Waals surface area contributed by atoms with Crippen LogP contribution in [0.2, 0.25) is 0 Å². The lowest BCUT2D eigenvalue weighted by atomic mass is 10.3. The number of carbonyl (C=O) groups is 1. The molecule has 0 saturated heterocycles. The van der Waals surface area contributed by atoms with Gasteiger partial charge in [-0.1, -0.05) is 0 Å². The van der Waals surface area contributed by atoms with E-state index in [1.165, 1.54) is 0 Å². The Morgan fingerprint density at radius 2 is 1.95 bits per heavy atom. The van der Waals surface area contributed by atoms with Crippen LogP contribution < -0.4 is 10.6 Å². The Kier molecular flexibility index (Phi) is 3.72. The van der Waals surface area contributed by atoms with Gasteiger partial charge in [0.2, 0.25) is 0 Å². The van der Waals surface area contributed by atoms with Crippen molar-refractivity contribution >= 4 is 39.0 Å². The Morgan fingerprint density at radius 3 is 2.73 bits per heavy atom. The summed E-state index contributed by atoms with van der Waals surface area (Å²) in [6, 6.07) is 7.66. The van der Waals surface area contributed by atoms with Gasteiger partial charge in [-0.15, -0.1) is 11.3 Å². The Morgan fingerprint density at radius 1 is 1.14 bits per heavy atom. The van der Waals surface area contributed by atoms with Gasteiger partial charge in [0, 0.05) is 11.8 Å². The van der Waals surface area contributed by atoms with Crippen molar-refractivity contribution in [2.45, 2.75) is 6.92 Å². The smallest absolute Gasteiger partial charge is 0.308 e. The monoisotopic (exact) mass is 319 g/mol. The van der Waals surface area contributed by atoms with Crippen molar-refractivity contribution in [3.63, 3.8) is 0 Å². The maximum atomic E-state index is 13.5. The Labute approximate surface area is 128 Å². The van der Waals surface area contributed by atoms with Crippen molar-refractivity contribution in [2.75, 3.05) is 10.6 Å². The minimum atomic E-state index is -0.833. The van der Waals surface area contributed by atoms with Crippen LogP contribution in [0.5, 0.6) is 0 Å². The molecule has 1 aromatic heterocycles. The number of hydrogen-bond donors (Lipinski definition) is 2. The highest BCUT2D eigenvalue weighted by Gasteiger charge is 2.09. The van der Waals surface area contributed by atoms with Crippen molar-refractivity contribution in [2.24, 2.45) is 0 Å². The molecule has 0 aliphatic rings. The van der Waals surface area contributed by atoms with Crippen LogP contribution in [0.4, 0.5) is 25.0 Å². The second-order valence-corrected chi connectivity index (χ2v) is 5.85. The molecule has 0 spiro atoms. The maximum absolute atomic E-state index is 13.5. The van der Waals surface area contributed by atoms with Crippen LogP contribution in [-0.2, 0) is 0 Å². The van der Waals surface area contributed by atoms with E-state index in [9.17, 15) is 13.6 Å². The predicted octanol–water partition coefficient (Wildman–Crippen LogP) is 4.53. The highest BCUT2D eigenvalue weighted by Crippen LogP contribution is 2.24. The lowest BCUT2D eigenvalue weighted by Crippen LogP contribution is -2.20. The number of aryl methyl sites for hydroxylation is 1. The van der Waals surface area contributed by atoms with Crippen molar-refractivity contribution in [1.29, 1.82) is 0 Å². The molecule has 0 aliphatic heterocycles. The minimum Gasteiger partial charge on any atom is -0.308 e. The van der Waals surface area contributed by atoms with Crippen molar-refractivity contribution in [3.05, 3.63) is 53.0 Å². The van der Waals surface area contributed by atoms with Gasteiger partial charge >= 0.3 is 6.03 Å². The molecule has 2 aromatic carbocycles. The summed E-state index contributed by atoms with van der Waals surface area (Å²) in [6.07, 6.45) is 0. The first-order valence-electron chi connectivity index (χ1n) is 6.41. The predicted molar refractivity (Wildman–Crippen MR) is 83.4 cm³/mol. The van der Waals surface area contributed by atoms with Crippen LogP contribution in [0.3, 0.4) is 0 Å². The number of amides is 2. The fourth-order valence-electron chi connectivity index (χ4n) is 2.00. The molecule has 0 bridgehead atoms. The number of urea groups is 1. The molecule has 1 heterocycles. The van der Waals surface area contributed by atoms with E-state index in [2.05, 4.69) is 15.6 Å². The molecular weight excluding hydrogens is 308 g/mol. The molecule has 0 unspecified atom stereocenters. The van der Waals surface area contributed by atoms with Gasteiger partial charge in [0.25, 0.3) is 0 Å². The zero-order valence-corrected chi connectivity index (χ0v) is 12.3. The lowest BCUT2D eigenvalue weighted by molar-refractivity contribution is 0.262. The van der Waals surface area contributed by atoms with Crippen molar-refractivity contribution in [3.8, 4) is 0 Å². The summed E-state index contributed by atoms with van der Waals surface area (Å²) < 4.78 is 27.3. The van der Waals surface area contributed by atoms with Gasteiger partial charge in [-0.25, -0.2) is 18.6 Å². The number of halogens is 2. The van der Waals surface area contributed by atoms with E-state index in [-0.39, 0.29) is 5.69 Å². The highest BCUT2D eigenvalue weighted by molar-refractivity contribution is 7.18. The summed E-state index contributed by atoms with van der Waals surface area (Å²) in [5, 5.41) is 5.85. The molecule has 2 N–H and O–H groups in total. The van der Waals surface area contributed by atoms with E-state index in [1.54, 1.807) is 23.5 Å². The Bertz CT molecular complexity index is 863. The average molecular weight is 319 g/mol. The number of nitrogens with one attached hydrogen (secondary N) is 2. The maximum Gasteiger partial charge on any atom is 0.323 e. The quantitative estimate of drug-likeness (QED) is 0.729. The van der Waals surface area contributed by atoms with Crippen molar-refractivity contribution < 1.29 is 13.6 Å². The topological polar surface area (TPSA) is 54.0 Å². The zero-order valence-electron chi connectivity index (χ0n) is 11.5. The summed E-state index contributed by atoms with van der Waals surface area (Å²) in [5.74, 6) is -1.53. The molecule has 0 radical (unpaired) electrons. The second-order valence-electron chi connectivity index (χ2n) is 4.62. The fourth-order valence-corrected chi connectivity index (χ4v) is 2.80. The SMILES string of the molecule is Cc1nc2cc(NC(=O)Nc3ccc(F)cc3F)ccc2s1. The number of carbonyl (C=O) groups excluding carboxylic acids is 1. The number of hydrogen-bond acceptors (Lipinski definition) is 3. The zero-order chi connectivity index (χ0) is 15.7. The third kappa shape index (κ3) is 3.04. The van der Waals surface area contributed by atoms with Gasteiger partial charge in [-0.3, -0.25) is 0 Å². The Hall–Kier alpha value is -2.54. The van der Waals surface area contributed by atoms with E-state index in [1.807, 2.05) is 13.0 Å². The first kappa shape index (κ1) is 14.4. The molecule has 0 atom stereocenters. The molecule has 112 valence electrons. The fraction of sp³-hybridized carbons (Fsp3) is 0.0667. The normalized spacial score (nSPS) is 10.7. The second kappa shape index (κ2) is 5.69. The molecule has 3 aromatic rings. The number of rotatable bonds is 2. The Balaban J connectivity index is 1.74. The molecule has 22 heavy (non-hydrogen) atoms. The van der Waals surface area contributed by atoms with Crippen LogP contribution in [0, 0.1) is 18.6 Å². The molecule has 0 aliphatic carbocycles. The van der Waals surface area contributed by atoms with Gasteiger partial charge in [0.05, 0.1) is 20.9 Å². The summed E-state index contributed by atoms with van der Waals surface area (Å²) in [4.78, 5) is 16.2. The molecule has 4 nitrogen and oxygen atoms in total. The number of nitrogens with zero attached hydrogens (tertiary/aromatic N) is 1. The number of fused-ring (bicyclic) bond motifs is 1. The number of anilines is 2. The molecule has 0 fully saturated rings. The highest BCUT2D eigenvalue weighted by atomic mass is 32.1. The van der Waals surface area contributed by atoms with E-state index in [4.69, 9.17) is 0 Å². The van der Waals surface area contributed by atoms with Crippen molar-refractivity contribution in [1.82, 2.24) is 4.98 Å². The third-order valence-corrected chi connectivity index (χ3v) is 3.88. The van der Waals surface area contributed by atoms with E-state index >= 15 is 0 Å². The number of benzene rings is 2. The lowest BCUT2D eigenvalue weighted by Gasteiger charge is -2.08. The van der Waals surface area contributed by atoms with Gasteiger partial charge in [0.15, 0.2) is 0 Å². The largest absolute Gasteiger partial charge is 0.323 e. The first-order valence-corrected chi connectivity index (χ1v) is 7.23. The summed E-state index contributed by atoms with van der Waals surface area (Å²) in [7, 11) is 0. The summed E-state index contributed by atoms with van der Waals surface area (Å²) >= 11 is 1.56.